The molecule has 16 heavy (non-hydrogen) atoms. The molecule has 0 aromatic rings. The number of amides is 1. The summed E-state index contributed by atoms with van der Waals surface area (Å²) in [4.78, 5) is 12.2. The fraction of sp³-hybridized carbons (Fsp3) is 0.818. The molecule has 0 radical (unpaired) electrons. The molecule has 0 aromatic carbocycles. The van der Waals surface area contributed by atoms with Crippen LogP contribution >= 0.6 is 24.0 Å². The SMILES string of the molecule is CC1(CNC(=O)C(C)(C)C(N)=S)CCCS1. The van der Waals surface area contributed by atoms with E-state index in [2.05, 4.69) is 12.2 Å². The molecule has 3 nitrogen and oxygen atoms in total. The fourth-order valence-electron chi connectivity index (χ4n) is 1.58. The van der Waals surface area contributed by atoms with Crippen molar-refractivity contribution in [3.05, 3.63) is 0 Å². The monoisotopic (exact) mass is 260 g/mol. The first-order valence-corrected chi connectivity index (χ1v) is 6.89. The van der Waals surface area contributed by atoms with Gasteiger partial charge in [-0.05, 0) is 39.4 Å². The molecule has 1 amide bonds. The average molecular weight is 260 g/mol. The van der Waals surface area contributed by atoms with E-state index in [-0.39, 0.29) is 15.6 Å². The molecule has 1 atom stereocenters. The van der Waals surface area contributed by atoms with Crippen LogP contribution in [0.4, 0.5) is 0 Å². The summed E-state index contributed by atoms with van der Waals surface area (Å²) in [5.74, 6) is 1.11. The highest BCUT2D eigenvalue weighted by molar-refractivity contribution is 8.00. The van der Waals surface area contributed by atoms with E-state index < -0.39 is 5.41 Å². The molecule has 92 valence electrons. The van der Waals surface area contributed by atoms with Crippen LogP contribution in [0.25, 0.3) is 0 Å². The van der Waals surface area contributed by atoms with E-state index in [1.165, 1.54) is 12.2 Å². The minimum Gasteiger partial charge on any atom is -0.392 e. The van der Waals surface area contributed by atoms with E-state index in [0.717, 1.165) is 6.42 Å². The maximum Gasteiger partial charge on any atom is 0.232 e. The lowest BCUT2D eigenvalue weighted by Crippen LogP contribution is -2.48. The lowest BCUT2D eigenvalue weighted by molar-refractivity contribution is -0.126. The zero-order valence-electron chi connectivity index (χ0n) is 10.1. The van der Waals surface area contributed by atoms with Crippen LogP contribution in [-0.4, -0.2) is 27.9 Å². The van der Waals surface area contributed by atoms with Gasteiger partial charge in [-0.25, -0.2) is 0 Å². The Bertz CT molecular complexity index is 296. The van der Waals surface area contributed by atoms with Gasteiger partial charge in [0.05, 0.1) is 10.4 Å². The molecule has 0 bridgehead atoms. The number of thioether (sulfide) groups is 1. The van der Waals surface area contributed by atoms with Gasteiger partial charge in [0.1, 0.15) is 0 Å². The lowest BCUT2D eigenvalue weighted by atomic mass is 9.92. The number of carbonyl (C=O) groups is 1. The van der Waals surface area contributed by atoms with Gasteiger partial charge in [-0.3, -0.25) is 4.79 Å². The van der Waals surface area contributed by atoms with Gasteiger partial charge < -0.3 is 11.1 Å². The van der Waals surface area contributed by atoms with Crippen LogP contribution in [0, 0.1) is 5.41 Å². The summed E-state index contributed by atoms with van der Waals surface area (Å²) in [5, 5.41) is 2.96. The maximum absolute atomic E-state index is 11.9. The first kappa shape index (κ1) is 13.8. The maximum atomic E-state index is 11.9. The lowest BCUT2D eigenvalue weighted by Gasteiger charge is -2.27. The Balaban J connectivity index is 2.49. The van der Waals surface area contributed by atoms with Crippen molar-refractivity contribution < 1.29 is 4.79 Å². The van der Waals surface area contributed by atoms with Crippen molar-refractivity contribution in [2.45, 2.75) is 38.4 Å². The molecular weight excluding hydrogens is 240 g/mol. The molecule has 0 aromatic heterocycles. The summed E-state index contributed by atoms with van der Waals surface area (Å²) in [6.45, 7) is 6.41. The van der Waals surface area contributed by atoms with Gasteiger partial charge in [-0.15, -0.1) is 0 Å². The first-order chi connectivity index (χ1) is 7.28. The minimum atomic E-state index is -0.755. The first-order valence-electron chi connectivity index (χ1n) is 5.50. The Morgan fingerprint density at radius 2 is 2.25 bits per heavy atom. The molecule has 3 N–H and O–H groups in total. The second-order valence-corrected chi connectivity index (χ2v) is 7.20. The highest BCUT2D eigenvalue weighted by Gasteiger charge is 2.34. The van der Waals surface area contributed by atoms with Crippen molar-refractivity contribution in [3.8, 4) is 0 Å². The normalized spacial score (nSPS) is 25.4. The van der Waals surface area contributed by atoms with Crippen LogP contribution < -0.4 is 11.1 Å². The molecule has 1 unspecified atom stereocenters. The average Bonchev–Trinajstić information content (AvgIpc) is 2.62. The van der Waals surface area contributed by atoms with Crippen LogP contribution in [0.5, 0.6) is 0 Å². The van der Waals surface area contributed by atoms with Crippen LogP contribution in [-0.2, 0) is 4.79 Å². The van der Waals surface area contributed by atoms with Gasteiger partial charge in [0.15, 0.2) is 0 Å². The van der Waals surface area contributed by atoms with Crippen molar-refractivity contribution in [1.29, 1.82) is 0 Å². The number of nitrogens with two attached hydrogens (primary N) is 1. The smallest absolute Gasteiger partial charge is 0.232 e. The van der Waals surface area contributed by atoms with Crippen molar-refractivity contribution in [1.82, 2.24) is 5.32 Å². The number of thiocarbonyl (C=S) groups is 1. The van der Waals surface area contributed by atoms with E-state index in [4.69, 9.17) is 18.0 Å². The third-order valence-electron chi connectivity index (χ3n) is 3.11. The Hall–Kier alpha value is -0.290. The zero-order chi connectivity index (χ0) is 12.4. The van der Waals surface area contributed by atoms with Gasteiger partial charge >= 0.3 is 0 Å². The molecule has 1 heterocycles. The minimum absolute atomic E-state index is 0.0753. The van der Waals surface area contributed by atoms with Crippen molar-refractivity contribution >= 4 is 34.9 Å². The summed E-state index contributed by atoms with van der Waals surface area (Å²) < 4.78 is 0.182. The topological polar surface area (TPSA) is 55.1 Å². The molecule has 0 aliphatic carbocycles. The fourth-order valence-corrected chi connectivity index (χ4v) is 2.91. The van der Waals surface area contributed by atoms with E-state index in [9.17, 15) is 4.79 Å². The standard InChI is InChI=1S/C11H20N2OS2/c1-10(2,8(12)15)9(14)13-7-11(3)5-4-6-16-11/h4-7H2,1-3H3,(H2,12,15)(H,13,14). The number of rotatable bonds is 4. The van der Waals surface area contributed by atoms with Crippen LogP contribution in [0.15, 0.2) is 0 Å². The second kappa shape index (κ2) is 4.92. The number of hydrogen-bond acceptors (Lipinski definition) is 3. The third-order valence-corrected chi connectivity index (χ3v) is 5.16. The van der Waals surface area contributed by atoms with Crippen molar-refractivity contribution in [2.75, 3.05) is 12.3 Å². The van der Waals surface area contributed by atoms with E-state index in [0.29, 0.717) is 6.54 Å². The van der Waals surface area contributed by atoms with E-state index >= 15 is 0 Å². The molecular formula is C11H20N2OS2. The summed E-state index contributed by atoms with van der Waals surface area (Å²) in [6, 6.07) is 0. The van der Waals surface area contributed by atoms with Gasteiger partial charge in [-0.2, -0.15) is 11.8 Å². The Labute approximate surface area is 107 Å². The van der Waals surface area contributed by atoms with Gasteiger partial charge in [0.2, 0.25) is 5.91 Å². The number of carbonyl (C=O) groups excluding carboxylic acids is 1. The Morgan fingerprint density at radius 3 is 2.69 bits per heavy atom. The summed E-state index contributed by atoms with van der Waals surface area (Å²) in [6.07, 6.45) is 2.39. The third kappa shape index (κ3) is 3.10. The molecule has 1 rings (SSSR count). The van der Waals surface area contributed by atoms with Crippen LogP contribution in [0.3, 0.4) is 0 Å². The number of hydrogen-bond donors (Lipinski definition) is 2. The van der Waals surface area contributed by atoms with Crippen molar-refractivity contribution in [2.24, 2.45) is 11.1 Å². The van der Waals surface area contributed by atoms with Crippen molar-refractivity contribution in [3.63, 3.8) is 0 Å². The summed E-state index contributed by atoms with van der Waals surface area (Å²) in [7, 11) is 0. The van der Waals surface area contributed by atoms with Crippen LogP contribution in [0.2, 0.25) is 0 Å². The van der Waals surface area contributed by atoms with Gasteiger partial charge in [0, 0.05) is 11.3 Å². The highest BCUT2D eigenvalue weighted by atomic mass is 32.2. The van der Waals surface area contributed by atoms with Crippen LogP contribution in [0.1, 0.15) is 33.6 Å². The quantitative estimate of drug-likeness (QED) is 0.756. The molecule has 1 fully saturated rings. The predicted molar refractivity (Wildman–Crippen MR) is 73.7 cm³/mol. The highest BCUT2D eigenvalue weighted by Crippen LogP contribution is 2.37. The molecule has 1 aliphatic heterocycles. The Morgan fingerprint density at radius 1 is 1.62 bits per heavy atom. The summed E-state index contributed by atoms with van der Waals surface area (Å²) in [5.41, 5.74) is 4.80. The predicted octanol–water partition coefficient (Wildman–Crippen LogP) is 1.70. The molecule has 1 aliphatic rings. The molecule has 0 spiro atoms. The number of nitrogens with one attached hydrogen (secondary N) is 1. The zero-order valence-corrected chi connectivity index (χ0v) is 11.8. The second-order valence-electron chi connectivity index (χ2n) is 5.07. The molecule has 5 heteroatoms. The molecule has 1 saturated heterocycles. The Kier molecular flexibility index (Phi) is 4.23. The largest absolute Gasteiger partial charge is 0.392 e. The molecule has 0 saturated carbocycles. The van der Waals surface area contributed by atoms with E-state index in [1.807, 2.05) is 11.8 Å². The van der Waals surface area contributed by atoms with E-state index in [1.54, 1.807) is 13.8 Å². The summed E-state index contributed by atoms with van der Waals surface area (Å²) >= 11 is 6.82. The van der Waals surface area contributed by atoms with Gasteiger partial charge in [-0.1, -0.05) is 12.2 Å². The van der Waals surface area contributed by atoms with Gasteiger partial charge in [0.25, 0.3) is 0 Å².